The standard InChI is InChI=1S/C12H13N5O4/c1-7-15-11(16-21-7)4-5-14-12(18)9-6-8(13)2-3-10(9)17(19)20/h2-3,6H,4-5,13H2,1H3,(H,14,18). The number of nitrogens with two attached hydrogens (primary N) is 1. The third-order valence-electron chi connectivity index (χ3n) is 2.67. The Hall–Kier alpha value is -2.97. The van der Waals surface area contributed by atoms with E-state index < -0.39 is 10.8 Å². The minimum absolute atomic E-state index is 0.0794. The van der Waals surface area contributed by atoms with Crippen molar-refractivity contribution in [1.29, 1.82) is 0 Å². The zero-order chi connectivity index (χ0) is 15.4. The normalized spacial score (nSPS) is 10.3. The van der Waals surface area contributed by atoms with E-state index in [1.54, 1.807) is 6.92 Å². The zero-order valence-electron chi connectivity index (χ0n) is 11.2. The number of rotatable bonds is 5. The monoisotopic (exact) mass is 291 g/mol. The molecule has 2 rings (SSSR count). The summed E-state index contributed by atoms with van der Waals surface area (Å²) in [4.78, 5) is 26.2. The molecule has 110 valence electrons. The van der Waals surface area contributed by atoms with Gasteiger partial charge in [-0.25, -0.2) is 0 Å². The van der Waals surface area contributed by atoms with Crippen molar-refractivity contribution in [2.45, 2.75) is 13.3 Å². The van der Waals surface area contributed by atoms with Crippen molar-refractivity contribution in [2.75, 3.05) is 12.3 Å². The van der Waals surface area contributed by atoms with Gasteiger partial charge in [-0.2, -0.15) is 4.98 Å². The van der Waals surface area contributed by atoms with Crippen LogP contribution in [0.15, 0.2) is 22.7 Å². The van der Waals surface area contributed by atoms with Crippen molar-refractivity contribution >= 4 is 17.3 Å². The van der Waals surface area contributed by atoms with E-state index in [-0.39, 0.29) is 23.5 Å². The van der Waals surface area contributed by atoms with E-state index in [0.29, 0.717) is 18.1 Å². The van der Waals surface area contributed by atoms with Gasteiger partial charge >= 0.3 is 0 Å². The number of nitrogen functional groups attached to an aromatic ring is 1. The molecule has 0 radical (unpaired) electrons. The number of aromatic nitrogens is 2. The van der Waals surface area contributed by atoms with Crippen LogP contribution in [0.5, 0.6) is 0 Å². The second kappa shape index (κ2) is 5.99. The highest BCUT2D eigenvalue weighted by molar-refractivity contribution is 5.99. The van der Waals surface area contributed by atoms with E-state index >= 15 is 0 Å². The van der Waals surface area contributed by atoms with Gasteiger partial charge < -0.3 is 15.6 Å². The average molecular weight is 291 g/mol. The van der Waals surface area contributed by atoms with Crippen molar-refractivity contribution in [1.82, 2.24) is 15.5 Å². The minimum Gasteiger partial charge on any atom is -0.399 e. The first-order valence-corrected chi connectivity index (χ1v) is 6.08. The molecule has 0 fully saturated rings. The van der Waals surface area contributed by atoms with Gasteiger partial charge in [-0.15, -0.1) is 0 Å². The molecule has 1 heterocycles. The molecule has 0 saturated carbocycles. The predicted molar refractivity (Wildman–Crippen MR) is 72.6 cm³/mol. The number of hydrogen-bond donors (Lipinski definition) is 2. The number of carbonyl (C=O) groups excluding carboxylic acids is 1. The Kier molecular flexibility index (Phi) is 4.12. The molecular weight excluding hydrogens is 278 g/mol. The second-order valence-corrected chi connectivity index (χ2v) is 4.27. The lowest BCUT2D eigenvalue weighted by atomic mass is 10.1. The highest BCUT2D eigenvalue weighted by Gasteiger charge is 2.20. The summed E-state index contributed by atoms with van der Waals surface area (Å²) in [6, 6.07) is 3.84. The number of nitro groups is 1. The van der Waals surface area contributed by atoms with Gasteiger partial charge in [-0.05, 0) is 12.1 Å². The summed E-state index contributed by atoms with van der Waals surface area (Å²) in [7, 11) is 0. The highest BCUT2D eigenvalue weighted by Crippen LogP contribution is 2.20. The molecule has 3 N–H and O–H groups in total. The maximum absolute atomic E-state index is 12.0. The minimum atomic E-state index is -0.628. The smallest absolute Gasteiger partial charge is 0.282 e. The second-order valence-electron chi connectivity index (χ2n) is 4.27. The van der Waals surface area contributed by atoms with Gasteiger partial charge in [0.05, 0.1) is 4.92 Å². The Labute approximate surface area is 119 Å². The molecule has 0 unspecified atom stereocenters. The maximum atomic E-state index is 12.0. The lowest BCUT2D eigenvalue weighted by Gasteiger charge is -2.05. The number of amides is 1. The third kappa shape index (κ3) is 3.53. The summed E-state index contributed by atoms with van der Waals surface area (Å²) >= 11 is 0. The summed E-state index contributed by atoms with van der Waals surface area (Å²) in [5.41, 5.74) is 5.46. The quantitative estimate of drug-likeness (QED) is 0.473. The molecule has 21 heavy (non-hydrogen) atoms. The molecule has 0 saturated heterocycles. The van der Waals surface area contributed by atoms with Crippen LogP contribution in [-0.2, 0) is 6.42 Å². The molecule has 0 spiro atoms. The molecule has 0 atom stereocenters. The molecule has 2 aromatic rings. The van der Waals surface area contributed by atoms with E-state index in [9.17, 15) is 14.9 Å². The molecule has 9 heteroatoms. The fraction of sp³-hybridized carbons (Fsp3) is 0.250. The van der Waals surface area contributed by atoms with Gasteiger partial charge in [0, 0.05) is 31.6 Å². The van der Waals surface area contributed by atoms with Gasteiger partial charge in [0.25, 0.3) is 11.6 Å². The van der Waals surface area contributed by atoms with Gasteiger partial charge in [0.15, 0.2) is 5.82 Å². The molecule has 1 aromatic carbocycles. The van der Waals surface area contributed by atoms with Crippen LogP contribution in [0.4, 0.5) is 11.4 Å². The number of nitrogens with one attached hydrogen (secondary N) is 1. The van der Waals surface area contributed by atoms with E-state index in [1.807, 2.05) is 0 Å². The Morgan fingerprint density at radius 1 is 1.52 bits per heavy atom. The first-order chi connectivity index (χ1) is 9.97. The van der Waals surface area contributed by atoms with Crippen LogP contribution in [0, 0.1) is 17.0 Å². The van der Waals surface area contributed by atoms with E-state index in [4.69, 9.17) is 10.3 Å². The summed E-state index contributed by atoms with van der Waals surface area (Å²) in [5, 5.41) is 17.1. The number of nitrogens with zero attached hydrogens (tertiary/aromatic N) is 3. The zero-order valence-corrected chi connectivity index (χ0v) is 11.2. The summed E-state index contributed by atoms with van der Waals surface area (Å²) < 4.78 is 4.79. The summed E-state index contributed by atoms with van der Waals surface area (Å²) in [5.74, 6) is 0.312. The van der Waals surface area contributed by atoms with Crippen LogP contribution in [0.2, 0.25) is 0 Å². The molecule has 0 aliphatic carbocycles. The van der Waals surface area contributed by atoms with Crippen LogP contribution in [0.3, 0.4) is 0 Å². The van der Waals surface area contributed by atoms with Crippen LogP contribution in [-0.4, -0.2) is 27.5 Å². The number of aryl methyl sites for hydroxylation is 1. The van der Waals surface area contributed by atoms with Gasteiger partial charge in [-0.1, -0.05) is 5.16 Å². The van der Waals surface area contributed by atoms with E-state index in [0.717, 1.165) is 0 Å². The van der Waals surface area contributed by atoms with Crippen LogP contribution in [0.25, 0.3) is 0 Å². The van der Waals surface area contributed by atoms with Gasteiger partial charge in [0.2, 0.25) is 5.89 Å². The fourth-order valence-corrected chi connectivity index (χ4v) is 1.72. The van der Waals surface area contributed by atoms with Crippen molar-refractivity contribution in [3.05, 3.63) is 45.6 Å². The van der Waals surface area contributed by atoms with Crippen LogP contribution >= 0.6 is 0 Å². The Bertz CT molecular complexity index is 682. The molecule has 9 nitrogen and oxygen atoms in total. The molecule has 1 amide bonds. The first kappa shape index (κ1) is 14.4. The Morgan fingerprint density at radius 3 is 2.90 bits per heavy atom. The number of hydrogen-bond acceptors (Lipinski definition) is 7. The largest absolute Gasteiger partial charge is 0.399 e. The lowest BCUT2D eigenvalue weighted by Crippen LogP contribution is -2.26. The molecule has 0 aliphatic rings. The number of nitro benzene ring substituents is 1. The lowest BCUT2D eigenvalue weighted by molar-refractivity contribution is -0.385. The molecular formula is C12H13N5O4. The van der Waals surface area contributed by atoms with Crippen molar-refractivity contribution in [3.8, 4) is 0 Å². The SMILES string of the molecule is Cc1nc(CCNC(=O)c2cc(N)ccc2[N+](=O)[O-])no1. The van der Waals surface area contributed by atoms with E-state index in [2.05, 4.69) is 15.5 Å². The van der Waals surface area contributed by atoms with Crippen LogP contribution < -0.4 is 11.1 Å². The van der Waals surface area contributed by atoms with Crippen LogP contribution in [0.1, 0.15) is 22.1 Å². The molecule has 0 bridgehead atoms. The van der Waals surface area contributed by atoms with Crippen molar-refractivity contribution in [2.24, 2.45) is 0 Å². The Morgan fingerprint density at radius 2 is 2.29 bits per heavy atom. The van der Waals surface area contributed by atoms with Crippen molar-refractivity contribution < 1.29 is 14.2 Å². The Balaban J connectivity index is 2.03. The average Bonchev–Trinajstić information content (AvgIpc) is 2.84. The fourth-order valence-electron chi connectivity index (χ4n) is 1.72. The molecule has 0 aliphatic heterocycles. The summed E-state index contributed by atoms with van der Waals surface area (Å²) in [6.45, 7) is 1.88. The van der Waals surface area contributed by atoms with E-state index in [1.165, 1.54) is 18.2 Å². The highest BCUT2D eigenvalue weighted by atomic mass is 16.6. The van der Waals surface area contributed by atoms with Crippen molar-refractivity contribution in [3.63, 3.8) is 0 Å². The number of anilines is 1. The number of benzene rings is 1. The predicted octanol–water partition coefficient (Wildman–Crippen LogP) is 0.841. The summed E-state index contributed by atoms with van der Waals surface area (Å²) in [6.07, 6.45) is 0.360. The topological polar surface area (TPSA) is 137 Å². The third-order valence-corrected chi connectivity index (χ3v) is 2.67. The number of carbonyl (C=O) groups is 1. The first-order valence-electron chi connectivity index (χ1n) is 6.08. The van der Waals surface area contributed by atoms with Gasteiger partial charge in [-0.3, -0.25) is 14.9 Å². The molecule has 1 aromatic heterocycles. The maximum Gasteiger partial charge on any atom is 0.282 e. The van der Waals surface area contributed by atoms with Gasteiger partial charge in [0.1, 0.15) is 5.56 Å².